The molecule has 1 nitrogen and oxygen atoms in total. The number of benzene rings is 2. The normalized spacial score (nSPS) is 10.4. The number of rotatable bonds is 3. The monoisotopic (exact) mass is 344 g/mol. The van der Waals surface area contributed by atoms with Gasteiger partial charge < -0.3 is 4.74 Å². The molecule has 94 valence electrons. The second kappa shape index (κ2) is 5.96. The Bertz CT molecular complexity index is 570. The number of ether oxygens (including phenoxy) is 1. The van der Waals surface area contributed by atoms with E-state index in [0.717, 1.165) is 22.2 Å². The van der Waals surface area contributed by atoms with E-state index < -0.39 is 0 Å². The Balaban J connectivity index is 2.28. The Morgan fingerprint density at radius 2 is 1.78 bits per heavy atom. The van der Waals surface area contributed by atoms with Crippen molar-refractivity contribution in [3.8, 4) is 11.5 Å². The minimum atomic E-state index is 0.598. The summed E-state index contributed by atoms with van der Waals surface area (Å²) in [6.45, 7) is 1.95. The van der Waals surface area contributed by atoms with Crippen LogP contribution in [0.3, 0.4) is 0 Å². The second-order valence-corrected chi connectivity index (χ2v) is 5.31. The van der Waals surface area contributed by atoms with Gasteiger partial charge in [-0.15, -0.1) is 0 Å². The van der Waals surface area contributed by atoms with Crippen LogP contribution in [0.5, 0.6) is 11.5 Å². The highest BCUT2D eigenvalue weighted by Gasteiger charge is 2.06. The van der Waals surface area contributed by atoms with Crippen molar-refractivity contribution >= 4 is 39.1 Å². The summed E-state index contributed by atoms with van der Waals surface area (Å²) in [5.41, 5.74) is 2.09. The van der Waals surface area contributed by atoms with Crippen LogP contribution in [0.2, 0.25) is 10.0 Å². The minimum Gasteiger partial charge on any atom is -0.456 e. The first kappa shape index (κ1) is 13.7. The van der Waals surface area contributed by atoms with Gasteiger partial charge in [-0.2, -0.15) is 0 Å². The Hall–Kier alpha value is -0.700. The summed E-state index contributed by atoms with van der Waals surface area (Å²) < 4.78 is 5.79. The molecule has 2 aromatic rings. The fourth-order valence-corrected chi connectivity index (χ4v) is 2.37. The standard InChI is InChI=1S/C14H11BrCl2O/c1-9-6-11(16)3-5-13(9)18-14-4-2-10(8-15)7-12(14)17/h2-7H,8H2,1H3. The van der Waals surface area contributed by atoms with E-state index in [2.05, 4.69) is 15.9 Å². The molecule has 0 bridgehead atoms. The molecule has 0 spiro atoms. The Labute approximate surface area is 125 Å². The number of hydrogen-bond acceptors (Lipinski definition) is 1. The SMILES string of the molecule is Cc1cc(Cl)ccc1Oc1ccc(CBr)cc1Cl. The van der Waals surface area contributed by atoms with Crippen LogP contribution in [0.25, 0.3) is 0 Å². The van der Waals surface area contributed by atoms with Crippen molar-refractivity contribution in [1.82, 2.24) is 0 Å². The van der Waals surface area contributed by atoms with E-state index in [9.17, 15) is 0 Å². The molecule has 0 aromatic heterocycles. The molecule has 0 amide bonds. The molecule has 0 unspecified atom stereocenters. The average molecular weight is 346 g/mol. The highest BCUT2D eigenvalue weighted by Crippen LogP contribution is 2.33. The third kappa shape index (κ3) is 3.19. The zero-order valence-corrected chi connectivity index (χ0v) is 12.8. The largest absolute Gasteiger partial charge is 0.456 e. The fourth-order valence-electron chi connectivity index (χ4n) is 1.56. The number of aryl methyl sites for hydroxylation is 1. The molecular weight excluding hydrogens is 335 g/mol. The van der Waals surface area contributed by atoms with Crippen molar-refractivity contribution in [3.63, 3.8) is 0 Å². The van der Waals surface area contributed by atoms with Gasteiger partial charge in [0.1, 0.15) is 11.5 Å². The van der Waals surface area contributed by atoms with Gasteiger partial charge in [-0.25, -0.2) is 0 Å². The van der Waals surface area contributed by atoms with Crippen LogP contribution in [0.4, 0.5) is 0 Å². The molecule has 0 heterocycles. The molecule has 0 atom stereocenters. The summed E-state index contributed by atoms with van der Waals surface area (Å²) in [4.78, 5) is 0. The summed E-state index contributed by atoms with van der Waals surface area (Å²) in [6, 6.07) is 11.2. The van der Waals surface area contributed by atoms with Gasteiger partial charge in [0.25, 0.3) is 0 Å². The predicted molar refractivity (Wildman–Crippen MR) is 80.3 cm³/mol. The molecule has 0 radical (unpaired) electrons. The van der Waals surface area contributed by atoms with Crippen LogP contribution in [0.15, 0.2) is 36.4 Å². The average Bonchev–Trinajstić information content (AvgIpc) is 2.34. The van der Waals surface area contributed by atoms with E-state index in [0.29, 0.717) is 15.8 Å². The molecule has 0 aliphatic carbocycles. The summed E-state index contributed by atoms with van der Waals surface area (Å²) in [7, 11) is 0. The number of halogens is 3. The van der Waals surface area contributed by atoms with Crippen molar-refractivity contribution in [2.45, 2.75) is 12.3 Å². The smallest absolute Gasteiger partial charge is 0.146 e. The molecule has 0 saturated carbocycles. The van der Waals surface area contributed by atoms with Gasteiger partial charge in [-0.3, -0.25) is 0 Å². The van der Waals surface area contributed by atoms with Crippen molar-refractivity contribution in [3.05, 3.63) is 57.6 Å². The van der Waals surface area contributed by atoms with Crippen molar-refractivity contribution in [2.75, 3.05) is 0 Å². The second-order valence-electron chi connectivity index (χ2n) is 3.91. The van der Waals surface area contributed by atoms with Crippen LogP contribution in [-0.4, -0.2) is 0 Å². The van der Waals surface area contributed by atoms with E-state index in [4.69, 9.17) is 27.9 Å². The zero-order valence-electron chi connectivity index (χ0n) is 9.71. The van der Waals surface area contributed by atoms with E-state index >= 15 is 0 Å². The third-order valence-corrected chi connectivity index (χ3v) is 3.69. The van der Waals surface area contributed by atoms with E-state index in [-0.39, 0.29) is 0 Å². The van der Waals surface area contributed by atoms with Gasteiger partial charge in [0.2, 0.25) is 0 Å². The van der Waals surface area contributed by atoms with Crippen molar-refractivity contribution in [2.24, 2.45) is 0 Å². The Kier molecular flexibility index (Phi) is 4.55. The van der Waals surface area contributed by atoms with E-state index in [1.165, 1.54) is 0 Å². The Morgan fingerprint density at radius 1 is 1.06 bits per heavy atom. The first-order valence-electron chi connectivity index (χ1n) is 5.38. The molecule has 4 heteroatoms. The number of alkyl halides is 1. The maximum atomic E-state index is 6.17. The van der Waals surface area contributed by atoms with E-state index in [1.807, 2.05) is 37.3 Å². The van der Waals surface area contributed by atoms with Crippen LogP contribution < -0.4 is 4.74 Å². The lowest BCUT2D eigenvalue weighted by atomic mass is 10.2. The lowest BCUT2D eigenvalue weighted by Gasteiger charge is -2.11. The predicted octanol–water partition coefficient (Wildman–Crippen LogP) is 5.99. The van der Waals surface area contributed by atoms with Crippen molar-refractivity contribution in [1.29, 1.82) is 0 Å². The van der Waals surface area contributed by atoms with Crippen LogP contribution >= 0.6 is 39.1 Å². The maximum absolute atomic E-state index is 6.17. The number of hydrogen-bond donors (Lipinski definition) is 0. The molecule has 0 aliphatic rings. The molecule has 18 heavy (non-hydrogen) atoms. The van der Waals surface area contributed by atoms with Gasteiger partial charge in [-0.05, 0) is 48.4 Å². The lowest BCUT2D eigenvalue weighted by Crippen LogP contribution is -1.89. The highest BCUT2D eigenvalue weighted by molar-refractivity contribution is 9.08. The third-order valence-electron chi connectivity index (χ3n) is 2.51. The molecule has 0 aliphatic heterocycles. The van der Waals surface area contributed by atoms with Crippen LogP contribution in [-0.2, 0) is 5.33 Å². The van der Waals surface area contributed by atoms with Crippen molar-refractivity contribution < 1.29 is 4.74 Å². The van der Waals surface area contributed by atoms with Gasteiger partial charge in [0.15, 0.2) is 0 Å². The highest BCUT2D eigenvalue weighted by atomic mass is 79.9. The summed E-state index contributed by atoms with van der Waals surface area (Å²) in [6.07, 6.45) is 0. The maximum Gasteiger partial charge on any atom is 0.146 e. The molecule has 0 fully saturated rings. The van der Waals surface area contributed by atoms with Gasteiger partial charge >= 0.3 is 0 Å². The van der Waals surface area contributed by atoms with Gasteiger partial charge in [-0.1, -0.05) is 45.2 Å². The summed E-state index contributed by atoms with van der Waals surface area (Å²) >= 11 is 15.5. The minimum absolute atomic E-state index is 0.598. The van der Waals surface area contributed by atoms with Gasteiger partial charge in [0, 0.05) is 10.4 Å². The molecule has 0 saturated heterocycles. The molecule has 0 N–H and O–H groups in total. The first-order valence-corrected chi connectivity index (χ1v) is 7.26. The first-order chi connectivity index (χ1) is 8.60. The van der Waals surface area contributed by atoms with E-state index in [1.54, 1.807) is 6.07 Å². The zero-order chi connectivity index (χ0) is 13.1. The summed E-state index contributed by atoms with van der Waals surface area (Å²) in [5.74, 6) is 1.40. The molecular formula is C14H11BrCl2O. The van der Waals surface area contributed by atoms with Gasteiger partial charge in [0.05, 0.1) is 5.02 Å². The lowest BCUT2D eigenvalue weighted by molar-refractivity contribution is 0.479. The molecule has 2 aromatic carbocycles. The quantitative estimate of drug-likeness (QED) is 0.621. The van der Waals surface area contributed by atoms with Crippen LogP contribution in [0.1, 0.15) is 11.1 Å². The Morgan fingerprint density at radius 3 is 2.39 bits per heavy atom. The molecule has 2 rings (SSSR count). The summed E-state index contributed by atoms with van der Waals surface area (Å²) in [5, 5.41) is 2.06. The topological polar surface area (TPSA) is 9.23 Å². The van der Waals surface area contributed by atoms with Crippen LogP contribution in [0, 0.1) is 6.92 Å². The fraction of sp³-hybridized carbons (Fsp3) is 0.143.